The molecule has 0 unspecified atom stereocenters. The molecule has 0 aliphatic carbocycles. The summed E-state index contributed by atoms with van der Waals surface area (Å²) in [5.74, 6) is 0.318. The van der Waals surface area contributed by atoms with Gasteiger partial charge in [-0.3, -0.25) is 0 Å². The summed E-state index contributed by atoms with van der Waals surface area (Å²) in [7, 11) is 1.49. The fraction of sp³-hybridized carbons (Fsp3) is 0.300. The van der Waals surface area contributed by atoms with E-state index in [2.05, 4.69) is 16.2 Å². The van der Waals surface area contributed by atoms with Gasteiger partial charge in [-0.25, -0.2) is 9.50 Å². The van der Waals surface area contributed by atoms with E-state index in [9.17, 15) is 0 Å². The molecule has 5 heteroatoms. The molecule has 5 nitrogen and oxygen atoms in total. The van der Waals surface area contributed by atoms with Gasteiger partial charge in [0, 0.05) is 11.4 Å². The third-order valence-corrected chi connectivity index (χ3v) is 2.17. The maximum Gasteiger partial charge on any atom is 0.253 e. The van der Waals surface area contributed by atoms with Crippen molar-refractivity contribution in [3.63, 3.8) is 0 Å². The van der Waals surface area contributed by atoms with Gasteiger partial charge in [0.25, 0.3) is 5.88 Å². The first kappa shape index (κ1) is 9.46. The SMILES string of the molecule is COc1nn2c(C)cc(C)nc2c1C#N. The Kier molecular flexibility index (Phi) is 2.05. The molecule has 0 atom stereocenters. The van der Waals surface area contributed by atoms with E-state index in [0.29, 0.717) is 17.1 Å². The highest BCUT2D eigenvalue weighted by atomic mass is 16.5. The van der Waals surface area contributed by atoms with Crippen LogP contribution in [0.4, 0.5) is 0 Å². The van der Waals surface area contributed by atoms with E-state index >= 15 is 0 Å². The summed E-state index contributed by atoms with van der Waals surface area (Å²) < 4.78 is 6.64. The summed E-state index contributed by atoms with van der Waals surface area (Å²) >= 11 is 0. The molecular weight excluding hydrogens is 192 g/mol. The molecule has 2 rings (SSSR count). The molecule has 0 aliphatic heterocycles. The average Bonchev–Trinajstić information content (AvgIpc) is 2.55. The maximum atomic E-state index is 8.99. The number of nitriles is 1. The number of aromatic nitrogens is 3. The molecule has 0 saturated carbocycles. The topological polar surface area (TPSA) is 63.2 Å². The molecule has 2 heterocycles. The van der Waals surface area contributed by atoms with Gasteiger partial charge in [0.2, 0.25) is 0 Å². The normalized spacial score (nSPS) is 10.3. The molecule has 0 fully saturated rings. The lowest BCUT2D eigenvalue weighted by atomic mass is 10.3. The quantitative estimate of drug-likeness (QED) is 0.697. The van der Waals surface area contributed by atoms with Gasteiger partial charge in [0.1, 0.15) is 6.07 Å². The highest BCUT2D eigenvalue weighted by molar-refractivity contribution is 5.60. The minimum atomic E-state index is 0.318. The summed E-state index contributed by atoms with van der Waals surface area (Å²) in [6, 6.07) is 3.96. The van der Waals surface area contributed by atoms with Crippen LogP contribution in [0, 0.1) is 25.2 Å². The number of rotatable bonds is 1. The zero-order valence-electron chi connectivity index (χ0n) is 8.77. The highest BCUT2D eigenvalue weighted by Crippen LogP contribution is 2.20. The lowest BCUT2D eigenvalue weighted by molar-refractivity contribution is 0.393. The van der Waals surface area contributed by atoms with Gasteiger partial charge in [-0.15, -0.1) is 5.10 Å². The summed E-state index contributed by atoms with van der Waals surface area (Å²) in [5.41, 5.74) is 2.72. The molecule has 0 bridgehead atoms. The second kappa shape index (κ2) is 3.24. The van der Waals surface area contributed by atoms with Crippen molar-refractivity contribution in [3.05, 3.63) is 23.0 Å². The van der Waals surface area contributed by atoms with Gasteiger partial charge < -0.3 is 4.74 Å². The first-order valence-corrected chi connectivity index (χ1v) is 4.48. The Labute approximate surface area is 86.9 Å². The number of ether oxygens (including phenoxy) is 1. The monoisotopic (exact) mass is 202 g/mol. The summed E-state index contributed by atoms with van der Waals surface area (Å²) in [6.07, 6.45) is 0. The second-order valence-electron chi connectivity index (χ2n) is 3.27. The van der Waals surface area contributed by atoms with Crippen molar-refractivity contribution in [2.24, 2.45) is 0 Å². The van der Waals surface area contributed by atoms with E-state index in [4.69, 9.17) is 10.00 Å². The molecule has 0 spiro atoms. The fourth-order valence-corrected chi connectivity index (χ4v) is 1.54. The Morgan fingerprint density at radius 1 is 1.47 bits per heavy atom. The average molecular weight is 202 g/mol. The van der Waals surface area contributed by atoms with Gasteiger partial charge in [-0.1, -0.05) is 0 Å². The number of nitrogens with zero attached hydrogens (tertiary/aromatic N) is 4. The van der Waals surface area contributed by atoms with Crippen LogP contribution >= 0.6 is 0 Å². The van der Waals surface area contributed by atoms with E-state index in [1.54, 1.807) is 4.52 Å². The summed E-state index contributed by atoms with van der Waals surface area (Å²) in [5, 5.41) is 13.1. The van der Waals surface area contributed by atoms with E-state index in [-0.39, 0.29) is 0 Å². The van der Waals surface area contributed by atoms with Crippen LogP contribution in [-0.2, 0) is 0 Å². The van der Waals surface area contributed by atoms with Crippen LogP contribution in [0.1, 0.15) is 17.0 Å². The zero-order chi connectivity index (χ0) is 11.0. The first-order chi connectivity index (χ1) is 7.17. The summed E-state index contributed by atoms with van der Waals surface area (Å²) in [4.78, 5) is 4.27. The molecule has 0 N–H and O–H groups in total. The molecule has 0 amide bonds. The fourth-order valence-electron chi connectivity index (χ4n) is 1.54. The van der Waals surface area contributed by atoms with Gasteiger partial charge in [0.05, 0.1) is 7.11 Å². The largest absolute Gasteiger partial charge is 0.479 e. The van der Waals surface area contributed by atoms with E-state index in [1.807, 2.05) is 19.9 Å². The Morgan fingerprint density at radius 2 is 2.20 bits per heavy atom. The predicted octanol–water partition coefficient (Wildman–Crippen LogP) is 1.23. The van der Waals surface area contributed by atoms with E-state index in [0.717, 1.165) is 11.4 Å². The van der Waals surface area contributed by atoms with Crippen molar-refractivity contribution in [1.29, 1.82) is 5.26 Å². The van der Waals surface area contributed by atoms with Crippen LogP contribution in [0.3, 0.4) is 0 Å². The van der Waals surface area contributed by atoms with Crippen LogP contribution in [0.25, 0.3) is 5.65 Å². The van der Waals surface area contributed by atoms with Gasteiger partial charge in [-0.05, 0) is 19.9 Å². The van der Waals surface area contributed by atoms with Crippen molar-refractivity contribution < 1.29 is 4.74 Å². The number of fused-ring (bicyclic) bond motifs is 1. The Bertz CT molecular complexity index is 565. The smallest absolute Gasteiger partial charge is 0.253 e. The van der Waals surface area contributed by atoms with Crippen LogP contribution in [0.2, 0.25) is 0 Å². The third-order valence-electron chi connectivity index (χ3n) is 2.17. The zero-order valence-corrected chi connectivity index (χ0v) is 8.77. The molecule has 0 aliphatic rings. The molecule has 2 aromatic rings. The van der Waals surface area contributed by atoms with Gasteiger partial charge >= 0.3 is 0 Å². The van der Waals surface area contributed by atoms with E-state index < -0.39 is 0 Å². The number of methoxy groups -OCH3 is 1. The van der Waals surface area contributed by atoms with Crippen molar-refractivity contribution in [2.75, 3.05) is 7.11 Å². The second-order valence-corrected chi connectivity index (χ2v) is 3.27. The maximum absolute atomic E-state index is 8.99. The van der Waals surface area contributed by atoms with E-state index in [1.165, 1.54) is 7.11 Å². The molecular formula is C10H10N4O. The van der Waals surface area contributed by atoms with Crippen molar-refractivity contribution in [2.45, 2.75) is 13.8 Å². The lowest BCUT2D eigenvalue weighted by Crippen LogP contribution is -1.97. The minimum Gasteiger partial charge on any atom is -0.479 e. The number of hydrogen-bond donors (Lipinski definition) is 0. The molecule has 0 aromatic carbocycles. The van der Waals surface area contributed by atoms with Crippen LogP contribution in [0.15, 0.2) is 6.07 Å². The van der Waals surface area contributed by atoms with Crippen LogP contribution in [0.5, 0.6) is 5.88 Å². The Balaban J connectivity index is 2.90. The van der Waals surface area contributed by atoms with Gasteiger partial charge in [0.15, 0.2) is 11.2 Å². The highest BCUT2D eigenvalue weighted by Gasteiger charge is 2.15. The molecule has 0 saturated heterocycles. The van der Waals surface area contributed by atoms with Crippen LogP contribution < -0.4 is 4.74 Å². The molecule has 2 aromatic heterocycles. The van der Waals surface area contributed by atoms with Gasteiger partial charge in [-0.2, -0.15) is 5.26 Å². The Hall–Kier alpha value is -2.09. The first-order valence-electron chi connectivity index (χ1n) is 4.48. The lowest BCUT2D eigenvalue weighted by Gasteiger charge is -1.98. The molecule has 76 valence electrons. The Morgan fingerprint density at radius 3 is 2.80 bits per heavy atom. The van der Waals surface area contributed by atoms with Crippen molar-refractivity contribution >= 4 is 5.65 Å². The standard InChI is InChI=1S/C10H10N4O/c1-6-4-7(2)14-9(12-6)8(5-11)10(13-14)15-3/h4H,1-3H3. The minimum absolute atomic E-state index is 0.318. The molecule has 15 heavy (non-hydrogen) atoms. The van der Waals surface area contributed by atoms with Crippen molar-refractivity contribution in [1.82, 2.24) is 14.6 Å². The number of hydrogen-bond acceptors (Lipinski definition) is 4. The summed E-state index contributed by atoms with van der Waals surface area (Å²) in [6.45, 7) is 3.79. The number of aryl methyl sites for hydroxylation is 2. The predicted molar refractivity (Wildman–Crippen MR) is 53.7 cm³/mol. The van der Waals surface area contributed by atoms with Crippen LogP contribution in [-0.4, -0.2) is 21.7 Å². The third kappa shape index (κ3) is 1.31. The molecule has 0 radical (unpaired) electrons. The van der Waals surface area contributed by atoms with Crippen molar-refractivity contribution in [3.8, 4) is 11.9 Å².